The van der Waals surface area contributed by atoms with Crippen LogP contribution in [-0.2, 0) is 36.3 Å². The van der Waals surface area contributed by atoms with E-state index in [0.29, 0.717) is 0 Å². The molecule has 0 aliphatic heterocycles. The average molecular weight is 350 g/mol. The quantitative estimate of drug-likeness (QED) is 0.396. The van der Waals surface area contributed by atoms with E-state index < -0.39 is 28.5 Å². The van der Waals surface area contributed by atoms with Crippen LogP contribution in [0.4, 0.5) is 0 Å². The van der Waals surface area contributed by atoms with Gasteiger partial charge in [0, 0.05) is 0 Å². The highest BCUT2D eigenvalue weighted by Gasteiger charge is 2.36. The highest BCUT2D eigenvalue weighted by Crippen LogP contribution is 2.55. The molecular formula is C10H24O9P2. The molecular weight excluding hydrogens is 326 g/mol. The van der Waals surface area contributed by atoms with Crippen molar-refractivity contribution in [3.63, 3.8) is 0 Å². The molecule has 11 heteroatoms. The van der Waals surface area contributed by atoms with Crippen LogP contribution in [-0.4, -0.2) is 44.4 Å². The van der Waals surface area contributed by atoms with Crippen molar-refractivity contribution in [2.75, 3.05) is 33.0 Å². The van der Waals surface area contributed by atoms with E-state index in [-0.39, 0.29) is 26.4 Å². The summed E-state index contributed by atoms with van der Waals surface area (Å²) >= 11 is 0. The summed E-state index contributed by atoms with van der Waals surface area (Å²) in [5.74, 6) is 0. The van der Waals surface area contributed by atoms with Crippen LogP contribution >= 0.6 is 15.6 Å². The van der Waals surface area contributed by atoms with E-state index in [1.807, 2.05) is 0 Å². The molecule has 0 aromatic carbocycles. The normalized spacial score (nSPS) is 13.0. The summed E-state index contributed by atoms with van der Waals surface area (Å²) in [6, 6.07) is 0. The van der Waals surface area contributed by atoms with Crippen LogP contribution in [0.2, 0.25) is 0 Å². The maximum Gasteiger partial charge on any atom is 0.477 e. The van der Waals surface area contributed by atoms with Gasteiger partial charge in [-0.1, -0.05) is 0 Å². The van der Waals surface area contributed by atoms with Gasteiger partial charge < -0.3 is 5.11 Å². The highest BCUT2D eigenvalue weighted by atomic mass is 31.2. The van der Waals surface area contributed by atoms with E-state index in [1.54, 1.807) is 27.7 Å². The minimum absolute atomic E-state index is 0.0595. The Kier molecular flexibility index (Phi) is 10.9. The topological polar surface area (TPSA) is 110 Å². The molecule has 128 valence electrons. The van der Waals surface area contributed by atoms with Crippen molar-refractivity contribution in [2.45, 2.75) is 34.0 Å². The summed E-state index contributed by atoms with van der Waals surface area (Å²) in [7, 11) is -7.87. The third-order valence-electron chi connectivity index (χ3n) is 1.79. The number of rotatable bonds is 13. The van der Waals surface area contributed by atoms with Crippen LogP contribution in [0.3, 0.4) is 0 Å². The third-order valence-corrected chi connectivity index (χ3v) is 5.08. The lowest BCUT2D eigenvalue weighted by molar-refractivity contribution is -0.0788. The first-order chi connectivity index (χ1) is 9.88. The van der Waals surface area contributed by atoms with Crippen molar-refractivity contribution in [3.05, 3.63) is 0 Å². The predicted octanol–water partition coefficient (Wildman–Crippen LogP) is 2.70. The van der Waals surface area contributed by atoms with E-state index in [1.165, 1.54) is 0 Å². The standard InChI is InChI=1S/C10H24O9P2/c1-5-14-20(12,15-6-2)18-10(9-11)19-21(13,16-7-3)17-8-4/h10-11H,5-9H2,1-4H3. The minimum Gasteiger partial charge on any atom is -0.391 e. The van der Waals surface area contributed by atoms with E-state index in [0.717, 1.165) is 0 Å². The number of phosphoric ester groups is 2. The van der Waals surface area contributed by atoms with Gasteiger partial charge in [-0.3, -0.25) is 27.1 Å². The fourth-order valence-electron chi connectivity index (χ4n) is 1.20. The second-order valence-corrected chi connectivity index (χ2v) is 6.63. The molecule has 0 saturated heterocycles. The lowest BCUT2D eigenvalue weighted by atomic mass is 10.7. The Morgan fingerprint density at radius 2 is 1.05 bits per heavy atom. The Bertz CT molecular complexity index is 310. The van der Waals surface area contributed by atoms with E-state index in [4.69, 9.17) is 27.1 Å². The Morgan fingerprint density at radius 3 is 1.24 bits per heavy atom. The van der Waals surface area contributed by atoms with Gasteiger partial charge in [0.25, 0.3) is 0 Å². The van der Waals surface area contributed by atoms with Gasteiger partial charge in [-0.2, -0.15) is 0 Å². The number of hydrogen-bond acceptors (Lipinski definition) is 9. The van der Waals surface area contributed by atoms with Crippen molar-refractivity contribution < 1.29 is 41.4 Å². The molecule has 0 bridgehead atoms. The summed E-state index contributed by atoms with van der Waals surface area (Å²) in [5, 5.41) is 9.21. The molecule has 21 heavy (non-hydrogen) atoms. The number of aliphatic hydroxyl groups excluding tert-OH is 1. The van der Waals surface area contributed by atoms with Crippen LogP contribution < -0.4 is 0 Å². The number of aliphatic hydroxyl groups is 1. The van der Waals surface area contributed by atoms with E-state index >= 15 is 0 Å². The molecule has 0 spiro atoms. The molecule has 0 radical (unpaired) electrons. The molecule has 0 rings (SSSR count). The summed E-state index contributed by atoms with van der Waals surface area (Å²) in [4.78, 5) is 0. The van der Waals surface area contributed by atoms with Crippen LogP contribution in [0.25, 0.3) is 0 Å². The lowest BCUT2D eigenvalue weighted by Gasteiger charge is -2.24. The summed E-state index contributed by atoms with van der Waals surface area (Å²) in [6.07, 6.45) is -1.54. The molecule has 0 aromatic rings. The van der Waals surface area contributed by atoms with Gasteiger partial charge in [0.2, 0.25) is 6.29 Å². The molecule has 0 heterocycles. The summed E-state index contributed by atoms with van der Waals surface area (Å²) in [6.45, 7) is 5.87. The molecule has 0 aromatic heterocycles. The molecule has 0 aliphatic carbocycles. The van der Waals surface area contributed by atoms with Crippen LogP contribution in [0.15, 0.2) is 0 Å². The number of hydrogen-bond donors (Lipinski definition) is 1. The first kappa shape index (κ1) is 21.2. The Labute approximate surface area is 125 Å². The first-order valence-electron chi connectivity index (χ1n) is 6.64. The Hall–Kier alpha value is 0.180. The van der Waals surface area contributed by atoms with Crippen LogP contribution in [0, 0.1) is 0 Å². The van der Waals surface area contributed by atoms with Crippen molar-refractivity contribution >= 4 is 15.6 Å². The van der Waals surface area contributed by atoms with Crippen LogP contribution in [0.5, 0.6) is 0 Å². The molecule has 9 nitrogen and oxygen atoms in total. The molecule has 1 N–H and O–H groups in total. The fourth-order valence-corrected chi connectivity index (χ4v) is 3.72. The van der Waals surface area contributed by atoms with Gasteiger partial charge in [0.1, 0.15) is 0 Å². The van der Waals surface area contributed by atoms with Gasteiger partial charge in [0.15, 0.2) is 0 Å². The zero-order valence-electron chi connectivity index (χ0n) is 12.7. The second-order valence-electron chi connectivity index (χ2n) is 3.39. The maximum absolute atomic E-state index is 12.2. The maximum atomic E-state index is 12.2. The molecule has 0 saturated carbocycles. The SMILES string of the molecule is CCOP(=O)(OCC)OC(CO)OP(=O)(OCC)OCC. The van der Waals surface area contributed by atoms with Crippen molar-refractivity contribution in [2.24, 2.45) is 0 Å². The van der Waals surface area contributed by atoms with E-state index in [2.05, 4.69) is 0 Å². The Morgan fingerprint density at radius 1 is 0.762 bits per heavy atom. The van der Waals surface area contributed by atoms with Gasteiger partial charge in [-0.25, -0.2) is 9.13 Å². The van der Waals surface area contributed by atoms with Gasteiger partial charge in [0.05, 0.1) is 33.0 Å². The average Bonchev–Trinajstić information content (AvgIpc) is 2.38. The first-order valence-corrected chi connectivity index (χ1v) is 9.56. The monoisotopic (exact) mass is 350 g/mol. The molecule has 0 fully saturated rings. The van der Waals surface area contributed by atoms with Crippen molar-refractivity contribution in [1.29, 1.82) is 0 Å². The molecule has 0 atom stereocenters. The smallest absolute Gasteiger partial charge is 0.391 e. The van der Waals surface area contributed by atoms with E-state index in [9.17, 15) is 14.2 Å². The fraction of sp³-hybridized carbons (Fsp3) is 1.00. The number of phosphoric acid groups is 2. The largest absolute Gasteiger partial charge is 0.477 e. The second kappa shape index (κ2) is 10.8. The van der Waals surface area contributed by atoms with Crippen LogP contribution in [0.1, 0.15) is 27.7 Å². The zero-order chi connectivity index (χ0) is 16.4. The molecule has 0 unspecified atom stereocenters. The third kappa shape index (κ3) is 8.40. The lowest BCUT2D eigenvalue weighted by Crippen LogP contribution is -2.21. The minimum atomic E-state index is -3.93. The van der Waals surface area contributed by atoms with Crippen molar-refractivity contribution in [3.8, 4) is 0 Å². The molecule has 0 amide bonds. The molecule has 0 aliphatic rings. The highest BCUT2D eigenvalue weighted by molar-refractivity contribution is 7.49. The van der Waals surface area contributed by atoms with Gasteiger partial charge in [-0.05, 0) is 27.7 Å². The predicted molar refractivity (Wildman–Crippen MR) is 74.8 cm³/mol. The van der Waals surface area contributed by atoms with Gasteiger partial charge in [-0.15, -0.1) is 0 Å². The van der Waals surface area contributed by atoms with Crippen molar-refractivity contribution in [1.82, 2.24) is 0 Å². The summed E-state index contributed by atoms with van der Waals surface area (Å²) in [5.41, 5.74) is 0. The summed E-state index contributed by atoms with van der Waals surface area (Å²) < 4.78 is 53.8. The zero-order valence-corrected chi connectivity index (χ0v) is 14.5. The Balaban J connectivity index is 4.89. The van der Waals surface area contributed by atoms with Gasteiger partial charge >= 0.3 is 15.6 Å².